The summed E-state index contributed by atoms with van der Waals surface area (Å²) in [6.45, 7) is 11.2. The van der Waals surface area contributed by atoms with Gasteiger partial charge in [0.15, 0.2) is 0 Å². The van der Waals surface area contributed by atoms with Crippen LogP contribution >= 0.6 is 0 Å². The lowest BCUT2D eigenvalue weighted by molar-refractivity contribution is 0.859. The van der Waals surface area contributed by atoms with E-state index in [2.05, 4.69) is 71.0 Å². The molecule has 20 heavy (non-hydrogen) atoms. The van der Waals surface area contributed by atoms with E-state index >= 15 is 0 Å². The van der Waals surface area contributed by atoms with E-state index in [9.17, 15) is 0 Å². The van der Waals surface area contributed by atoms with E-state index in [0.29, 0.717) is 5.92 Å². The highest BCUT2D eigenvalue weighted by Crippen LogP contribution is 2.32. The van der Waals surface area contributed by atoms with Crippen LogP contribution in [0.15, 0.2) is 36.4 Å². The summed E-state index contributed by atoms with van der Waals surface area (Å²) in [4.78, 5) is 0. The molecule has 0 unspecified atom stereocenters. The van der Waals surface area contributed by atoms with Crippen molar-refractivity contribution in [1.82, 2.24) is 0 Å². The van der Waals surface area contributed by atoms with E-state index in [1.165, 1.54) is 43.8 Å². The van der Waals surface area contributed by atoms with Crippen molar-refractivity contribution in [3.63, 3.8) is 0 Å². The first-order chi connectivity index (χ1) is 9.49. The van der Waals surface area contributed by atoms with Gasteiger partial charge >= 0.3 is 0 Å². The second-order valence-corrected chi connectivity index (χ2v) is 6.24. The molecule has 3 aromatic carbocycles. The maximum absolute atomic E-state index is 2.38. The van der Waals surface area contributed by atoms with Gasteiger partial charge in [0.1, 0.15) is 0 Å². The highest BCUT2D eigenvalue weighted by atomic mass is 14.1. The zero-order chi connectivity index (χ0) is 14.4. The topological polar surface area (TPSA) is 0 Å². The van der Waals surface area contributed by atoms with Gasteiger partial charge in [0.25, 0.3) is 0 Å². The lowest BCUT2D eigenvalue weighted by atomic mass is 9.90. The molecule has 3 rings (SSSR count). The molecular formula is C20H22. The van der Waals surface area contributed by atoms with Gasteiger partial charge in [0.05, 0.1) is 0 Å². The molecule has 0 aliphatic carbocycles. The lowest BCUT2D eigenvalue weighted by Crippen LogP contribution is -1.93. The average molecular weight is 262 g/mol. The Morgan fingerprint density at radius 2 is 1.30 bits per heavy atom. The SMILES string of the molecule is Cc1ccc2cc3ccc(C(C)C)c(C)c3cc2c1C. The van der Waals surface area contributed by atoms with Crippen molar-refractivity contribution >= 4 is 21.5 Å². The van der Waals surface area contributed by atoms with Crippen molar-refractivity contribution < 1.29 is 0 Å². The molecule has 0 spiro atoms. The molecule has 0 aromatic heterocycles. The summed E-state index contributed by atoms with van der Waals surface area (Å²) in [6.07, 6.45) is 0. The van der Waals surface area contributed by atoms with Crippen molar-refractivity contribution in [1.29, 1.82) is 0 Å². The Hall–Kier alpha value is -1.82. The van der Waals surface area contributed by atoms with Gasteiger partial charge < -0.3 is 0 Å². The minimum Gasteiger partial charge on any atom is -0.0587 e. The fraction of sp³-hybridized carbons (Fsp3) is 0.300. The molecule has 0 bridgehead atoms. The van der Waals surface area contributed by atoms with Crippen LogP contribution in [0, 0.1) is 20.8 Å². The Kier molecular flexibility index (Phi) is 3.05. The summed E-state index contributed by atoms with van der Waals surface area (Å²) in [5, 5.41) is 5.49. The molecule has 0 heteroatoms. The van der Waals surface area contributed by atoms with Crippen LogP contribution in [0.2, 0.25) is 0 Å². The highest BCUT2D eigenvalue weighted by molar-refractivity contribution is 6.01. The number of hydrogen-bond donors (Lipinski definition) is 0. The summed E-state index contributed by atoms with van der Waals surface area (Å²) in [5.41, 5.74) is 5.66. The first-order valence-electron chi connectivity index (χ1n) is 7.42. The van der Waals surface area contributed by atoms with Gasteiger partial charge in [-0.15, -0.1) is 0 Å². The first kappa shape index (κ1) is 13.2. The van der Waals surface area contributed by atoms with Crippen molar-refractivity contribution in [2.45, 2.75) is 40.5 Å². The lowest BCUT2D eigenvalue weighted by Gasteiger charge is -2.14. The maximum atomic E-state index is 2.38. The van der Waals surface area contributed by atoms with Crippen LogP contribution in [0.1, 0.15) is 42.0 Å². The Labute approximate surface area is 121 Å². The molecule has 0 aliphatic heterocycles. The third kappa shape index (κ3) is 1.91. The quantitative estimate of drug-likeness (QED) is 0.469. The minimum absolute atomic E-state index is 0.578. The summed E-state index contributed by atoms with van der Waals surface area (Å²) < 4.78 is 0. The summed E-state index contributed by atoms with van der Waals surface area (Å²) in [7, 11) is 0. The Morgan fingerprint density at radius 1 is 0.700 bits per heavy atom. The molecule has 0 heterocycles. The van der Waals surface area contributed by atoms with Crippen LogP contribution in [0.3, 0.4) is 0 Å². The number of hydrogen-bond acceptors (Lipinski definition) is 0. The number of benzene rings is 3. The predicted molar refractivity (Wildman–Crippen MR) is 89.8 cm³/mol. The molecule has 0 saturated carbocycles. The van der Waals surface area contributed by atoms with Crippen molar-refractivity contribution in [3.8, 4) is 0 Å². The number of rotatable bonds is 1. The second-order valence-electron chi connectivity index (χ2n) is 6.24. The number of aryl methyl sites for hydroxylation is 3. The predicted octanol–water partition coefficient (Wildman–Crippen LogP) is 6.04. The summed E-state index contributed by atoms with van der Waals surface area (Å²) in [6, 6.07) is 13.7. The van der Waals surface area contributed by atoms with Crippen LogP contribution in [-0.2, 0) is 0 Å². The van der Waals surface area contributed by atoms with E-state index in [4.69, 9.17) is 0 Å². The Bertz CT molecular complexity index is 807. The standard InChI is InChI=1S/C20H22/c1-12(2)18-9-8-17-10-16-7-6-13(3)14(4)19(16)11-20(17)15(18)5/h6-12H,1-5H3. The van der Waals surface area contributed by atoms with Crippen molar-refractivity contribution in [3.05, 3.63) is 58.7 Å². The first-order valence-corrected chi connectivity index (χ1v) is 7.42. The Balaban J connectivity index is 2.43. The normalized spacial score (nSPS) is 11.7. The largest absolute Gasteiger partial charge is 0.0587 e. The van der Waals surface area contributed by atoms with Gasteiger partial charge in [-0.3, -0.25) is 0 Å². The molecule has 0 fully saturated rings. The maximum Gasteiger partial charge on any atom is -0.0145 e. The molecule has 102 valence electrons. The molecular weight excluding hydrogens is 240 g/mol. The van der Waals surface area contributed by atoms with Crippen LogP contribution in [-0.4, -0.2) is 0 Å². The van der Waals surface area contributed by atoms with E-state index in [0.717, 1.165) is 0 Å². The Morgan fingerprint density at radius 3 is 1.95 bits per heavy atom. The van der Waals surface area contributed by atoms with Crippen LogP contribution in [0.4, 0.5) is 0 Å². The molecule has 0 aliphatic rings. The van der Waals surface area contributed by atoms with Crippen LogP contribution in [0.25, 0.3) is 21.5 Å². The average Bonchev–Trinajstić information content (AvgIpc) is 2.42. The smallest absolute Gasteiger partial charge is 0.0145 e. The fourth-order valence-electron chi connectivity index (χ4n) is 3.20. The van der Waals surface area contributed by atoms with Gasteiger partial charge in [-0.25, -0.2) is 0 Å². The van der Waals surface area contributed by atoms with E-state index in [-0.39, 0.29) is 0 Å². The zero-order valence-corrected chi connectivity index (χ0v) is 13.0. The molecule has 0 saturated heterocycles. The molecule has 3 aromatic rings. The van der Waals surface area contributed by atoms with Crippen molar-refractivity contribution in [2.24, 2.45) is 0 Å². The molecule has 0 atom stereocenters. The van der Waals surface area contributed by atoms with Gasteiger partial charge in [0.2, 0.25) is 0 Å². The van der Waals surface area contributed by atoms with Gasteiger partial charge in [-0.1, -0.05) is 38.1 Å². The molecule has 0 nitrogen and oxygen atoms in total. The number of fused-ring (bicyclic) bond motifs is 2. The molecule has 0 N–H and O–H groups in total. The minimum atomic E-state index is 0.578. The summed E-state index contributed by atoms with van der Waals surface area (Å²) in [5.74, 6) is 0.578. The highest BCUT2D eigenvalue weighted by Gasteiger charge is 2.09. The third-order valence-electron chi connectivity index (χ3n) is 4.63. The molecule has 0 amide bonds. The monoisotopic (exact) mass is 262 g/mol. The van der Waals surface area contributed by atoms with Gasteiger partial charge in [-0.05, 0) is 82.6 Å². The van der Waals surface area contributed by atoms with Gasteiger partial charge in [0, 0.05) is 0 Å². The van der Waals surface area contributed by atoms with Crippen LogP contribution < -0.4 is 0 Å². The summed E-state index contributed by atoms with van der Waals surface area (Å²) >= 11 is 0. The second kappa shape index (κ2) is 4.63. The van der Waals surface area contributed by atoms with Gasteiger partial charge in [-0.2, -0.15) is 0 Å². The van der Waals surface area contributed by atoms with E-state index < -0.39 is 0 Å². The van der Waals surface area contributed by atoms with E-state index in [1.54, 1.807) is 0 Å². The van der Waals surface area contributed by atoms with Crippen molar-refractivity contribution in [2.75, 3.05) is 0 Å². The zero-order valence-electron chi connectivity index (χ0n) is 13.0. The third-order valence-corrected chi connectivity index (χ3v) is 4.63. The van der Waals surface area contributed by atoms with E-state index in [1.807, 2.05) is 0 Å². The van der Waals surface area contributed by atoms with Crippen LogP contribution in [0.5, 0.6) is 0 Å². The fourth-order valence-corrected chi connectivity index (χ4v) is 3.20. The molecule has 0 radical (unpaired) electrons.